The molecule has 0 atom stereocenters. The molecule has 2 N–H and O–H groups in total. The Balaban J connectivity index is 2.38. The zero-order valence-electron chi connectivity index (χ0n) is 10.2. The van der Waals surface area contributed by atoms with E-state index >= 15 is 0 Å². The van der Waals surface area contributed by atoms with E-state index in [2.05, 4.69) is 30.9 Å². The second kappa shape index (κ2) is 5.69. The van der Waals surface area contributed by atoms with Crippen molar-refractivity contribution in [1.82, 2.24) is 25.6 Å². The van der Waals surface area contributed by atoms with Crippen molar-refractivity contribution in [3.8, 4) is 0 Å². The Hall–Kier alpha value is -3.11. The van der Waals surface area contributed by atoms with Gasteiger partial charge in [0.05, 0.1) is 11.5 Å². The number of nitrogens with one attached hydrogen (secondary N) is 2. The summed E-state index contributed by atoms with van der Waals surface area (Å²) in [5.41, 5.74) is -0.419. The minimum Gasteiger partial charge on any atom is -0.462 e. The van der Waals surface area contributed by atoms with E-state index in [1.165, 1.54) is 0 Å². The van der Waals surface area contributed by atoms with E-state index in [1.54, 1.807) is 6.92 Å². The van der Waals surface area contributed by atoms with Crippen molar-refractivity contribution in [2.45, 2.75) is 6.92 Å². The van der Waals surface area contributed by atoms with Gasteiger partial charge in [-0.2, -0.15) is 5.21 Å². The molecule has 0 unspecified atom stereocenters. The molecule has 0 aliphatic carbocycles. The van der Waals surface area contributed by atoms with E-state index in [4.69, 9.17) is 4.74 Å². The number of anilines is 2. The second-order valence-corrected chi connectivity index (χ2v) is 3.43. The topological polar surface area (TPSA) is 149 Å². The van der Waals surface area contributed by atoms with E-state index in [-0.39, 0.29) is 29.6 Å². The number of hydrogen-bond donors (Lipinski definition) is 2. The first kappa shape index (κ1) is 13.3. The van der Waals surface area contributed by atoms with Gasteiger partial charge in [0.2, 0.25) is 0 Å². The minimum absolute atomic E-state index is 0.0375. The van der Waals surface area contributed by atoms with Crippen LogP contribution in [0, 0.1) is 10.1 Å². The molecule has 11 heteroatoms. The molecule has 0 bridgehead atoms. The van der Waals surface area contributed by atoms with Crippen LogP contribution < -0.4 is 5.32 Å². The number of nitro groups is 1. The standard InChI is InChI=1S/C9H9N7O4/c1-2-20-8(17)6-3-5(16(18)19)4-10-7(6)11-9-12-14-15-13-9/h3-4H,2H2,1H3,(H2,10,11,12,13,14,15). The largest absolute Gasteiger partial charge is 0.462 e. The van der Waals surface area contributed by atoms with Gasteiger partial charge < -0.3 is 10.1 Å². The molecule has 2 rings (SSSR count). The summed E-state index contributed by atoms with van der Waals surface area (Å²) in [7, 11) is 0. The zero-order chi connectivity index (χ0) is 14.5. The molecule has 0 saturated heterocycles. The number of ether oxygens (including phenoxy) is 1. The highest BCUT2D eigenvalue weighted by molar-refractivity contribution is 5.95. The summed E-state index contributed by atoms with van der Waals surface area (Å²) >= 11 is 0. The van der Waals surface area contributed by atoms with Crippen LogP contribution in [-0.2, 0) is 4.74 Å². The maximum absolute atomic E-state index is 11.8. The van der Waals surface area contributed by atoms with E-state index in [9.17, 15) is 14.9 Å². The van der Waals surface area contributed by atoms with Crippen molar-refractivity contribution in [2.75, 3.05) is 11.9 Å². The van der Waals surface area contributed by atoms with Gasteiger partial charge in [-0.05, 0) is 12.1 Å². The van der Waals surface area contributed by atoms with Gasteiger partial charge in [-0.1, -0.05) is 5.10 Å². The number of H-pyrrole nitrogens is 1. The Morgan fingerprint density at radius 2 is 2.40 bits per heavy atom. The normalized spacial score (nSPS) is 10.1. The average Bonchev–Trinajstić information content (AvgIpc) is 2.92. The van der Waals surface area contributed by atoms with E-state index in [1.807, 2.05) is 0 Å². The van der Waals surface area contributed by atoms with E-state index < -0.39 is 10.9 Å². The molecule has 0 radical (unpaired) electrons. The van der Waals surface area contributed by atoms with Crippen molar-refractivity contribution in [3.05, 3.63) is 27.9 Å². The van der Waals surface area contributed by atoms with Crippen LogP contribution in [0.3, 0.4) is 0 Å². The summed E-state index contributed by atoms with van der Waals surface area (Å²) in [6.07, 6.45) is 1.01. The molecule has 11 nitrogen and oxygen atoms in total. The van der Waals surface area contributed by atoms with Crippen LogP contribution in [-0.4, -0.2) is 43.1 Å². The third kappa shape index (κ3) is 2.82. The predicted molar refractivity (Wildman–Crippen MR) is 64.3 cm³/mol. The van der Waals surface area contributed by atoms with Gasteiger partial charge >= 0.3 is 5.97 Å². The Morgan fingerprint density at radius 3 is 3.00 bits per heavy atom. The van der Waals surface area contributed by atoms with Crippen LogP contribution >= 0.6 is 0 Å². The number of esters is 1. The fourth-order valence-corrected chi connectivity index (χ4v) is 1.34. The number of hydrogen-bond acceptors (Lipinski definition) is 9. The number of tetrazole rings is 1. The Morgan fingerprint density at radius 1 is 1.60 bits per heavy atom. The van der Waals surface area contributed by atoms with Crippen LogP contribution in [0.2, 0.25) is 0 Å². The number of aromatic nitrogens is 5. The maximum Gasteiger partial charge on any atom is 0.342 e. The molecule has 0 amide bonds. The summed E-state index contributed by atoms with van der Waals surface area (Å²) in [5, 5.41) is 26.1. The lowest BCUT2D eigenvalue weighted by molar-refractivity contribution is -0.385. The van der Waals surface area contributed by atoms with Gasteiger partial charge in [0.15, 0.2) is 0 Å². The Bertz CT molecular complexity index is 627. The zero-order valence-corrected chi connectivity index (χ0v) is 10.2. The third-order valence-electron chi connectivity index (χ3n) is 2.15. The van der Waals surface area contributed by atoms with Gasteiger partial charge in [0.1, 0.15) is 17.6 Å². The third-order valence-corrected chi connectivity index (χ3v) is 2.15. The molecule has 2 heterocycles. The summed E-state index contributed by atoms with van der Waals surface area (Å²) in [6, 6.07) is 1.06. The number of carbonyl (C=O) groups excluding carboxylic acids is 1. The molecule has 0 fully saturated rings. The molecule has 0 aliphatic rings. The summed E-state index contributed by atoms with van der Waals surface area (Å²) in [5.74, 6) is -0.637. The van der Waals surface area contributed by atoms with Gasteiger partial charge in [-0.25, -0.2) is 9.78 Å². The summed E-state index contributed by atoms with van der Waals surface area (Å²) < 4.78 is 4.82. The lowest BCUT2D eigenvalue weighted by Crippen LogP contribution is -2.10. The first-order valence-electron chi connectivity index (χ1n) is 5.44. The highest BCUT2D eigenvalue weighted by Gasteiger charge is 2.20. The molecule has 0 spiro atoms. The van der Waals surface area contributed by atoms with Crippen LogP contribution in [0.15, 0.2) is 12.3 Å². The predicted octanol–water partition coefficient (Wildman–Crippen LogP) is 0.423. The number of carbonyl (C=O) groups is 1. The quantitative estimate of drug-likeness (QED) is 0.451. The number of nitrogens with zero attached hydrogens (tertiary/aromatic N) is 5. The molecule has 2 aromatic heterocycles. The molecule has 20 heavy (non-hydrogen) atoms. The molecule has 0 aromatic carbocycles. The van der Waals surface area contributed by atoms with Crippen molar-refractivity contribution in [3.63, 3.8) is 0 Å². The van der Waals surface area contributed by atoms with Gasteiger partial charge in [-0.3, -0.25) is 10.1 Å². The van der Waals surface area contributed by atoms with Gasteiger partial charge in [0, 0.05) is 6.07 Å². The van der Waals surface area contributed by atoms with Crippen LogP contribution in [0.4, 0.5) is 17.5 Å². The summed E-state index contributed by atoms with van der Waals surface area (Å²) in [4.78, 5) is 25.6. The molecule has 0 aliphatic heterocycles. The Labute approximate surface area is 111 Å². The van der Waals surface area contributed by atoms with Crippen molar-refractivity contribution < 1.29 is 14.5 Å². The van der Waals surface area contributed by atoms with Crippen molar-refractivity contribution >= 4 is 23.4 Å². The lowest BCUT2D eigenvalue weighted by Gasteiger charge is -2.07. The van der Waals surface area contributed by atoms with Crippen LogP contribution in [0.25, 0.3) is 0 Å². The first-order valence-corrected chi connectivity index (χ1v) is 5.44. The molecular formula is C9H9N7O4. The number of pyridine rings is 1. The molecule has 0 saturated carbocycles. The number of aromatic amines is 1. The highest BCUT2D eigenvalue weighted by Crippen LogP contribution is 2.21. The first-order chi connectivity index (χ1) is 9.61. The molecular weight excluding hydrogens is 270 g/mol. The smallest absolute Gasteiger partial charge is 0.342 e. The molecule has 104 valence electrons. The van der Waals surface area contributed by atoms with Gasteiger partial charge in [-0.15, -0.1) is 5.10 Å². The van der Waals surface area contributed by atoms with Crippen molar-refractivity contribution in [2.24, 2.45) is 0 Å². The monoisotopic (exact) mass is 279 g/mol. The van der Waals surface area contributed by atoms with E-state index in [0.717, 1.165) is 12.3 Å². The lowest BCUT2D eigenvalue weighted by atomic mass is 10.2. The molecule has 2 aromatic rings. The average molecular weight is 279 g/mol. The SMILES string of the molecule is CCOC(=O)c1cc([N+](=O)[O-])cnc1Nc1nn[nH]n1. The highest BCUT2D eigenvalue weighted by atomic mass is 16.6. The van der Waals surface area contributed by atoms with Gasteiger partial charge in [0.25, 0.3) is 11.6 Å². The number of rotatable bonds is 5. The van der Waals surface area contributed by atoms with Crippen LogP contribution in [0.5, 0.6) is 0 Å². The maximum atomic E-state index is 11.8. The Kier molecular flexibility index (Phi) is 3.79. The van der Waals surface area contributed by atoms with Crippen LogP contribution in [0.1, 0.15) is 17.3 Å². The summed E-state index contributed by atoms with van der Waals surface area (Å²) in [6.45, 7) is 1.75. The second-order valence-electron chi connectivity index (χ2n) is 3.43. The minimum atomic E-state index is -0.741. The fourth-order valence-electron chi connectivity index (χ4n) is 1.34. The van der Waals surface area contributed by atoms with E-state index in [0.29, 0.717) is 0 Å². The fraction of sp³-hybridized carbons (Fsp3) is 0.222. The van der Waals surface area contributed by atoms with Crippen molar-refractivity contribution in [1.29, 1.82) is 0 Å².